The van der Waals surface area contributed by atoms with Crippen molar-refractivity contribution in [2.24, 2.45) is 5.73 Å². The molecule has 0 saturated carbocycles. The van der Waals surface area contributed by atoms with E-state index in [2.05, 4.69) is 4.72 Å². The summed E-state index contributed by atoms with van der Waals surface area (Å²) < 4.78 is 30.3. The van der Waals surface area contributed by atoms with Gasteiger partial charge in [-0.1, -0.05) is 0 Å². The first-order valence-electron chi connectivity index (χ1n) is 6.02. The first-order valence-corrected chi connectivity index (χ1v) is 7.50. The molecule has 1 aliphatic heterocycles. The molecule has 1 aliphatic rings. The van der Waals surface area contributed by atoms with Gasteiger partial charge in [-0.05, 0) is 32.0 Å². The number of furan rings is 1. The smallest absolute Gasteiger partial charge is 0.289 e. The number of piperidine rings is 1. The molecule has 2 heterocycles. The van der Waals surface area contributed by atoms with E-state index in [0.29, 0.717) is 13.1 Å². The zero-order valence-corrected chi connectivity index (χ0v) is 11.4. The van der Waals surface area contributed by atoms with Crippen LogP contribution in [0.2, 0.25) is 0 Å². The van der Waals surface area contributed by atoms with Crippen molar-refractivity contribution in [1.82, 2.24) is 9.62 Å². The number of nitrogens with one attached hydrogen (secondary N) is 1. The Hall–Kier alpha value is -1.38. The van der Waals surface area contributed by atoms with Crippen LogP contribution in [-0.4, -0.2) is 45.4 Å². The van der Waals surface area contributed by atoms with Crippen molar-refractivity contribution in [2.45, 2.75) is 24.0 Å². The monoisotopic (exact) mass is 287 g/mol. The number of nitrogens with zero attached hydrogens (tertiary/aromatic N) is 1. The van der Waals surface area contributed by atoms with Crippen molar-refractivity contribution in [3.8, 4) is 0 Å². The highest BCUT2D eigenvalue weighted by Crippen LogP contribution is 2.17. The van der Waals surface area contributed by atoms with Gasteiger partial charge in [-0.3, -0.25) is 4.79 Å². The molecule has 0 atom stereocenters. The van der Waals surface area contributed by atoms with Gasteiger partial charge in [0.15, 0.2) is 5.76 Å². The lowest BCUT2D eigenvalue weighted by Gasteiger charge is -2.29. The van der Waals surface area contributed by atoms with Gasteiger partial charge in [0.25, 0.3) is 15.9 Å². The average Bonchev–Trinajstić information content (AvgIpc) is 2.89. The Morgan fingerprint density at radius 2 is 2.05 bits per heavy atom. The summed E-state index contributed by atoms with van der Waals surface area (Å²) in [4.78, 5) is 13.7. The molecule has 0 aliphatic carbocycles. The maximum Gasteiger partial charge on any atom is 0.289 e. The van der Waals surface area contributed by atoms with Gasteiger partial charge in [0.1, 0.15) is 0 Å². The molecule has 0 unspecified atom stereocenters. The molecule has 1 amide bonds. The molecule has 19 heavy (non-hydrogen) atoms. The Bertz CT molecular complexity index is 558. The predicted octanol–water partition coefficient (Wildman–Crippen LogP) is -0.249. The molecule has 0 aromatic carbocycles. The Balaban J connectivity index is 2.13. The van der Waals surface area contributed by atoms with Gasteiger partial charge in [-0.15, -0.1) is 0 Å². The topological polar surface area (TPSA) is 106 Å². The predicted molar refractivity (Wildman–Crippen MR) is 68.1 cm³/mol. The van der Waals surface area contributed by atoms with Crippen molar-refractivity contribution in [2.75, 3.05) is 20.1 Å². The minimum Gasteiger partial charge on any atom is -0.438 e. The van der Waals surface area contributed by atoms with Gasteiger partial charge in [0, 0.05) is 19.1 Å². The first kappa shape index (κ1) is 14.0. The fourth-order valence-electron chi connectivity index (χ4n) is 1.94. The minimum absolute atomic E-state index is 0.0318. The van der Waals surface area contributed by atoms with Gasteiger partial charge in [-0.2, -0.15) is 0 Å². The van der Waals surface area contributed by atoms with E-state index in [1.165, 1.54) is 19.2 Å². The summed E-state index contributed by atoms with van der Waals surface area (Å²) in [6, 6.07) is 2.77. The maximum atomic E-state index is 12.1. The highest BCUT2D eigenvalue weighted by atomic mass is 32.2. The molecule has 1 aromatic heterocycles. The fraction of sp³-hybridized carbons (Fsp3) is 0.545. The van der Waals surface area contributed by atoms with Crippen molar-refractivity contribution in [3.05, 3.63) is 17.9 Å². The van der Waals surface area contributed by atoms with Crippen LogP contribution in [0, 0.1) is 0 Å². The zero-order valence-electron chi connectivity index (χ0n) is 10.6. The number of carbonyl (C=O) groups excluding carboxylic acids is 1. The van der Waals surface area contributed by atoms with Crippen LogP contribution in [0.5, 0.6) is 0 Å². The molecule has 1 saturated heterocycles. The van der Waals surface area contributed by atoms with Gasteiger partial charge < -0.3 is 15.1 Å². The Morgan fingerprint density at radius 3 is 2.63 bits per heavy atom. The third kappa shape index (κ3) is 2.96. The van der Waals surface area contributed by atoms with Crippen LogP contribution in [0.25, 0.3) is 0 Å². The normalized spacial score (nSPS) is 17.7. The van der Waals surface area contributed by atoms with Gasteiger partial charge in [0.05, 0.1) is 0 Å². The van der Waals surface area contributed by atoms with Gasteiger partial charge in [0.2, 0.25) is 5.09 Å². The number of carbonyl (C=O) groups is 1. The van der Waals surface area contributed by atoms with E-state index in [1.54, 1.807) is 4.90 Å². The maximum absolute atomic E-state index is 12.1. The molecule has 106 valence electrons. The second-order valence-corrected chi connectivity index (χ2v) is 6.27. The molecular weight excluding hydrogens is 270 g/mol. The Labute approximate surface area is 111 Å². The molecule has 3 N–H and O–H groups in total. The fourth-order valence-corrected chi connectivity index (χ4v) is 2.59. The van der Waals surface area contributed by atoms with Crippen molar-refractivity contribution < 1.29 is 17.6 Å². The first-order chi connectivity index (χ1) is 8.94. The molecule has 1 aromatic rings. The molecule has 0 bridgehead atoms. The average molecular weight is 287 g/mol. The number of nitrogens with two attached hydrogens (primary N) is 1. The minimum atomic E-state index is -3.66. The summed E-state index contributed by atoms with van der Waals surface area (Å²) in [6.45, 7) is 1.13. The van der Waals surface area contributed by atoms with Crippen LogP contribution in [0.4, 0.5) is 0 Å². The highest BCUT2D eigenvalue weighted by Gasteiger charge is 2.25. The molecule has 7 nitrogen and oxygen atoms in total. The lowest BCUT2D eigenvalue weighted by molar-refractivity contribution is 0.0677. The summed E-state index contributed by atoms with van der Waals surface area (Å²) in [5, 5.41) is -0.257. The third-order valence-electron chi connectivity index (χ3n) is 3.15. The van der Waals surface area contributed by atoms with E-state index in [9.17, 15) is 13.2 Å². The van der Waals surface area contributed by atoms with Crippen LogP contribution in [-0.2, 0) is 10.0 Å². The number of rotatable bonds is 3. The standard InChI is InChI=1S/C11H17N3O4S/c1-13-19(16,17)10-3-2-9(18-10)11(15)14-6-4-8(12)5-7-14/h2-3,8,13H,4-7,12H2,1H3. The number of hydrogen-bond acceptors (Lipinski definition) is 5. The number of sulfonamides is 1. The van der Waals surface area contributed by atoms with Gasteiger partial charge in [-0.25, -0.2) is 13.1 Å². The largest absolute Gasteiger partial charge is 0.438 e. The van der Waals surface area contributed by atoms with Crippen molar-refractivity contribution in [3.63, 3.8) is 0 Å². The number of hydrogen-bond donors (Lipinski definition) is 2. The quantitative estimate of drug-likeness (QED) is 0.797. The summed E-state index contributed by atoms with van der Waals surface area (Å²) in [6.07, 6.45) is 1.49. The lowest BCUT2D eigenvalue weighted by Crippen LogP contribution is -2.42. The summed E-state index contributed by atoms with van der Waals surface area (Å²) in [5.41, 5.74) is 5.77. The molecule has 8 heteroatoms. The summed E-state index contributed by atoms with van der Waals surface area (Å²) in [7, 11) is -2.37. The Morgan fingerprint density at radius 1 is 1.42 bits per heavy atom. The second kappa shape index (κ2) is 5.32. The van der Waals surface area contributed by atoms with Crippen LogP contribution in [0.15, 0.2) is 21.6 Å². The molecule has 0 spiro atoms. The van der Waals surface area contributed by atoms with E-state index in [1.807, 2.05) is 0 Å². The molecule has 1 fully saturated rings. The van der Waals surface area contributed by atoms with E-state index in [4.69, 9.17) is 10.2 Å². The molecular formula is C11H17N3O4S. The van der Waals surface area contributed by atoms with E-state index >= 15 is 0 Å². The Kier molecular flexibility index (Phi) is 3.93. The summed E-state index contributed by atoms with van der Waals surface area (Å²) >= 11 is 0. The second-order valence-electron chi connectivity index (χ2n) is 4.46. The van der Waals surface area contributed by atoms with Crippen LogP contribution >= 0.6 is 0 Å². The molecule has 0 radical (unpaired) electrons. The van der Waals surface area contributed by atoms with Gasteiger partial charge >= 0.3 is 0 Å². The van der Waals surface area contributed by atoms with Crippen LogP contribution < -0.4 is 10.5 Å². The van der Waals surface area contributed by atoms with Crippen molar-refractivity contribution in [1.29, 1.82) is 0 Å². The molecule has 2 rings (SSSR count). The summed E-state index contributed by atoms with van der Waals surface area (Å²) in [5.74, 6) is -0.270. The van der Waals surface area contributed by atoms with Crippen LogP contribution in [0.1, 0.15) is 23.4 Å². The van der Waals surface area contributed by atoms with E-state index < -0.39 is 10.0 Å². The zero-order chi connectivity index (χ0) is 14.0. The van der Waals surface area contributed by atoms with E-state index in [-0.39, 0.29) is 22.8 Å². The lowest BCUT2D eigenvalue weighted by atomic mass is 10.1. The third-order valence-corrected chi connectivity index (χ3v) is 4.44. The van der Waals surface area contributed by atoms with E-state index in [0.717, 1.165) is 12.8 Å². The number of amides is 1. The van der Waals surface area contributed by atoms with Crippen LogP contribution in [0.3, 0.4) is 0 Å². The highest BCUT2D eigenvalue weighted by molar-refractivity contribution is 7.89. The van der Waals surface area contributed by atoms with Crippen molar-refractivity contribution >= 4 is 15.9 Å². The SMILES string of the molecule is CNS(=O)(=O)c1ccc(C(=O)N2CCC(N)CC2)o1. The number of likely N-dealkylation sites (tertiary alicyclic amines) is 1.